The second-order valence-corrected chi connectivity index (χ2v) is 4.98. The molecule has 0 aliphatic carbocycles. The zero-order chi connectivity index (χ0) is 13.1. The molecule has 0 bridgehead atoms. The lowest BCUT2D eigenvalue weighted by Gasteiger charge is -2.25. The van der Waals surface area contributed by atoms with Gasteiger partial charge in [-0.1, -0.05) is 6.07 Å². The van der Waals surface area contributed by atoms with Gasteiger partial charge in [0.05, 0.1) is 5.69 Å². The number of benzene rings is 1. The molecule has 0 radical (unpaired) electrons. The molecule has 0 atom stereocenters. The van der Waals surface area contributed by atoms with E-state index in [4.69, 9.17) is 4.74 Å². The van der Waals surface area contributed by atoms with Crippen LogP contribution in [0.2, 0.25) is 0 Å². The summed E-state index contributed by atoms with van der Waals surface area (Å²) in [5.41, 5.74) is 3.55. The quantitative estimate of drug-likeness (QED) is 0.919. The van der Waals surface area contributed by atoms with E-state index in [0.717, 1.165) is 31.7 Å². The number of aryl methyl sites for hydroxylation is 1. The van der Waals surface area contributed by atoms with Crippen molar-refractivity contribution in [3.8, 4) is 5.69 Å². The number of nitrogens with zero attached hydrogens (tertiary/aromatic N) is 2. The highest BCUT2D eigenvalue weighted by Crippen LogP contribution is 2.22. The Hall–Kier alpha value is -1.81. The SMILES string of the molecule is Cc1ccc(-n2cccn2)cc1NC1CCOCC1. The summed E-state index contributed by atoms with van der Waals surface area (Å²) < 4.78 is 7.28. The summed E-state index contributed by atoms with van der Waals surface area (Å²) in [6.07, 6.45) is 5.91. The highest BCUT2D eigenvalue weighted by atomic mass is 16.5. The second kappa shape index (κ2) is 5.45. The molecule has 1 saturated heterocycles. The Kier molecular flexibility index (Phi) is 3.51. The number of hydrogen-bond donors (Lipinski definition) is 1. The van der Waals surface area contributed by atoms with Gasteiger partial charge in [-0.25, -0.2) is 4.68 Å². The lowest BCUT2D eigenvalue weighted by atomic mass is 10.1. The van der Waals surface area contributed by atoms with Gasteiger partial charge in [-0.15, -0.1) is 0 Å². The highest BCUT2D eigenvalue weighted by Gasteiger charge is 2.14. The summed E-state index contributed by atoms with van der Waals surface area (Å²) in [6.45, 7) is 3.85. The van der Waals surface area contributed by atoms with Crippen LogP contribution in [-0.2, 0) is 4.74 Å². The molecule has 19 heavy (non-hydrogen) atoms. The fraction of sp³-hybridized carbons (Fsp3) is 0.400. The molecule has 4 heteroatoms. The molecule has 2 heterocycles. The Bertz CT molecular complexity index is 530. The molecule has 1 aliphatic heterocycles. The van der Waals surface area contributed by atoms with Crippen LogP contribution in [0.4, 0.5) is 5.69 Å². The van der Waals surface area contributed by atoms with Gasteiger partial charge >= 0.3 is 0 Å². The molecule has 1 N–H and O–H groups in total. The number of nitrogens with one attached hydrogen (secondary N) is 1. The van der Waals surface area contributed by atoms with Gasteiger partial charge < -0.3 is 10.1 Å². The van der Waals surface area contributed by atoms with Crippen LogP contribution in [-0.4, -0.2) is 29.0 Å². The van der Waals surface area contributed by atoms with Crippen LogP contribution in [0, 0.1) is 6.92 Å². The first-order valence-corrected chi connectivity index (χ1v) is 6.78. The summed E-state index contributed by atoms with van der Waals surface area (Å²) >= 11 is 0. The molecule has 0 spiro atoms. The van der Waals surface area contributed by atoms with E-state index in [1.54, 1.807) is 6.20 Å². The predicted molar refractivity (Wildman–Crippen MR) is 75.8 cm³/mol. The van der Waals surface area contributed by atoms with Crippen molar-refractivity contribution in [2.75, 3.05) is 18.5 Å². The first-order valence-electron chi connectivity index (χ1n) is 6.78. The molecule has 1 aliphatic rings. The van der Waals surface area contributed by atoms with Crippen LogP contribution in [0.5, 0.6) is 0 Å². The zero-order valence-electron chi connectivity index (χ0n) is 11.2. The molecule has 3 rings (SSSR count). The van der Waals surface area contributed by atoms with Crippen molar-refractivity contribution in [1.82, 2.24) is 9.78 Å². The van der Waals surface area contributed by atoms with Crippen molar-refractivity contribution in [3.63, 3.8) is 0 Å². The average Bonchev–Trinajstić information content (AvgIpc) is 2.96. The number of hydrogen-bond acceptors (Lipinski definition) is 3. The molecular formula is C15H19N3O. The summed E-state index contributed by atoms with van der Waals surface area (Å²) in [7, 11) is 0. The van der Waals surface area contributed by atoms with Crippen molar-refractivity contribution < 1.29 is 4.74 Å². The maximum Gasteiger partial charge on any atom is 0.0666 e. The zero-order valence-corrected chi connectivity index (χ0v) is 11.2. The molecule has 1 aromatic carbocycles. The molecule has 0 amide bonds. The lowest BCUT2D eigenvalue weighted by molar-refractivity contribution is 0.0904. The van der Waals surface area contributed by atoms with Crippen LogP contribution in [0.25, 0.3) is 5.69 Å². The minimum atomic E-state index is 0.514. The van der Waals surface area contributed by atoms with Crippen molar-refractivity contribution in [2.45, 2.75) is 25.8 Å². The van der Waals surface area contributed by atoms with Crippen molar-refractivity contribution in [3.05, 3.63) is 42.2 Å². The molecule has 4 nitrogen and oxygen atoms in total. The van der Waals surface area contributed by atoms with Gasteiger partial charge in [-0.3, -0.25) is 0 Å². The maximum atomic E-state index is 5.40. The number of ether oxygens (including phenoxy) is 1. The predicted octanol–water partition coefficient (Wildman–Crippen LogP) is 2.77. The third kappa shape index (κ3) is 2.79. The van der Waals surface area contributed by atoms with Crippen LogP contribution >= 0.6 is 0 Å². The molecule has 1 aromatic heterocycles. The number of rotatable bonds is 3. The minimum Gasteiger partial charge on any atom is -0.382 e. The topological polar surface area (TPSA) is 39.1 Å². The molecule has 100 valence electrons. The van der Waals surface area contributed by atoms with Crippen molar-refractivity contribution in [1.29, 1.82) is 0 Å². The molecule has 0 saturated carbocycles. The summed E-state index contributed by atoms with van der Waals surface area (Å²) in [5, 5.41) is 7.90. The Morgan fingerprint density at radius 2 is 2.16 bits per heavy atom. The van der Waals surface area contributed by atoms with Gasteiger partial charge in [-0.05, 0) is 43.5 Å². The van der Waals surface area contributed by atoms with Gasteiger partial charge in [-0.2, -0.15) is 5.10 Å². The van der Waals surface area contributed by atoms with E-state index < -0.39 is 0 Å². The second-order valence-electron chi connectivity index (χ2n) is 4.98. The standard InChI is InChI=1S/C15H19N3O/c1-12-3-4-14(18-8-2-7-16-18)11-15(12)17-13-5-9-19-10-6-13/h2-4,7-8,11,13,17H,5-6,9-10H2,1H3. The third-order valence-corrected chi connectivity index (χ3v) is 3.57. The van der Waals surface area contributed by atoms with E-state index in [9.17, 15) is 0 Å². The molecule has 0 unspecified atom stereocenters. The highest BCUT2D eigenvalue weighted by molar-refractivity contribution is 5.57. The monoisotopic (exact) mass is 257 g/mol. The maximum absolute atomic E-state index is 5.40. The van der Waals surface area contributed by atoms with E-state index in [0.29, 0.717) is 6.04 Å². The number of anilines is 1. The fourth-order valence-corrected chi connectivity index (χ4v) is 2.39. The van der Waals surface area contributed by atoms with E-state index in [-0.39, 0.29) is 0 Å². The van der Waals surface area contributed by atoms with Crippen molar-refractivity contribution in [2.24, 2.45) is 0 Å². The Morgan fingerprint density at radius 1 is 1.32 bits per heavy atom. The van der Waals surface area contributed by atoms with E-state index in [1.807, 2.05) is 16.9 Å². The molecule has 2 aromatic rings. The van der Waals surface area contributed by atoms with Crippen LogP contribution < -0.4 is 5.32 Å². The lowest BCUT2D eigenvalue weighted by Crippen LogP contribution is -2.28. The van der Waals surface area contributed by atoms with Gasteiger partial charge in [0.2, 0.25) is 0 Å². The first-order chi connectivity index (χ1) is 9.33. The molecule has 1 fully saturated rings. The Labute approximate surface area is 113 Å². The summed E-state index contributed by atoms with van der Waals surface area (Å²) in [4.78, 5) is 0. The summed E-state index contributed by atoms with van der Waals surface area (Å²) in [5.74, 6) is 0. The van der Waals surface area contributed by atoms with Crippen LogP contribution in [0.3, 0.4) is 0 Å². The Morgan fingerprint density at radius 3 is 2.89 bits per heavy atom. The average molecular weight is 257 g/mol. The van der Waals surface area contributed by atoms with Gasteiger partial charge in [0.25, 0.3) is 0 Å². The van der Waals surface area contributed by atoms with Crippen molar-refractivity contribution >= 4 is 5.69 Å². The first kappa shape index (κ1) is 12.2. The third-order valence-electron chi connectivity index (χ3n) is 3.57. The fourth-order valence-electron chi connectivity index (χ4n) is 2.39. The Balaban J connectivity index is 1.81. The van der Waals surface area contributed by atoms with Gasteiger partial charge in [0.1, 0.15) is 0 Å². The largest absolute Gasteiger partial charge is 0.382 e. The smallest absolute Gasteiger partial charge is 0.0666 e. The normalized spacial score (nSPS) is 16.5. The van der Waals surface area contributed by atoms with E-state index in [2.05, 4.69) is 35.5 Å². The van der Waals surface area contributed by atoms with Gasteiger partial charge in [0.15, 0.2) is 0 Å². The minimum absolute atomic E-state index is 0.514. The van der Waals surface area contributed by atoms with Gasteiger partial charge in [0, 0.05) is 37.3 Å². The summed E-state index contributed by atoms with van der Waals surface area (Å²) in [6, 6.07) is 8.85. The molecular weight excluding hydrogens is 238 g/mol. The van der Waals surface area contributed by atoms with Crippen LogP contribution in [0.1, 0.15) is 18.4 Å². The van der Waals surface area contributed by atoms with Crippen LogP contribution in [0.15, 0.2) is 36.7 Å². The van der Waals surface area contributed by atoms with E-state index in [1.165, 1.54) is 11.3 Å². The number of aromatic nitrogens is 2. The van der Waals surface area contributed by atoms with E-state index >= 15 is 0 Å².